The minimum atomic E-state index is -4.71. The molecule has 0 aliphatic carbocycles. The predicted molar refractivity (Wildman–Crippen MR) is 72.7 cm³/mol. The second kappa shape index (κ2) is 5.33. The van der Waals surface area contributed by atoms with Gasteiger partial charge in [-0.05, 0) is 19.1 Å². The van der Waals surface area contributed by atoms with Crippen LogP contribution in [-0.4, -0.2) is 36.3 Å². The number of Topliss-reactive ketones (excluding diaryl/α,β-unsaturated/α-hetero) is 1. The van der Waals surface area contributed by atoms with E-state index in [2.05, 4.69) is 4.85 Å². The highest BCUT2D eigenvalue weighted by molar-refractivity contribution is 6.03. The summed E-state index contributed by atoms with van der Waals surface area (Å²) in [5, 5.41) is 0. The maximum absolute atomic E-state index is 13.0. The Hall–Kier alpha value is -2.56. The van der Waals surface area contributed by atoms with Gasteiger partial charge in [0.1, 0.15) is 6.04 Å². The summed E-state index contributed by atoms with van der Waals surface area (Å²) in [6.45, 7) is 8.20. The monoisotopic (exact) mass is 311 g/mol. The lowest BCUT2D eigenvalue weighted by atomic mass is 10.1. The third-order valence-electron chi connectivity index (χ3n) is 3.44. The van der Waals surface area contributed by atoms with E-state index in [1.54, 1.807) is 0 Å². The largest absolute Gasteiger partial charge is 0.407 e. The van der Waals surface area contributed by atoms with E-state index in [0.29, 0.717) is 0 Å². The van der Waals surface area contributed by atoms with Gasteiger partial charge in [0.25, 0.3) is 0 Å². The number of carbonyl (C=O) groups excluding carboxylic acids is 2. The molecular weight excluding hydrogens is 299 g/mol. The fraction of sp³-hybridized carbons (Fsp3) is 0.357. The van der Waals surface area contributed by atoms with Crippen LogP contribution in [0.25, 0.3) is 4.85 Å². The van der Waals surface area contributed by atoms with Crippen LogP contribution in [-0.2, 0) is 11.0 Å². The zero-order chi connectivity index (χ0) is 16.7. The van der Waals surface area contributed by atoms with Gasteiger partial charge < -0.3 is 4.90 Å². The molecule has 1 atom stereocenters. The molecule has 1 aliphatic rings. The molecule has 1 heterocycles. The predicted octanol–water partition coefficient (Wildman–Crippen LogP) is 3.09. The summed E-state index contributed by atoms with van der Waals surface area (Å²) in [4.78, 5) is 28.9. The third-order valence-corrected chi connectivity index (χ3v) is 3.44. The number of urea groups is 1. The van der Waals surface area contributed by atoms with E-state index in [1.807, 2.05) is 0 Å². The number of nitrogens with zero attached hydrogens (tertiary/aromatic N) is 3. The number of benzene rings is 1. The van der Waals surface area contributed by atoms with Crippen LogP contribution in [0.1, 0.15) is 12.5 Å². The van der Waals surface area contributed by atoms with E-state index in [-0.39, 0.29) is 18.0 Å². The second-order valence-corrected chi connectivity index (χ2v) is 4.97. The van der Waals surface area contributed by atoms with E-state index in [1.165, 1.54) is 24.9 Å². The van der Waals surface area contributed by atoms with E-state index in [0.717, 1.165) is 17.0 Å². The molecule has 116 valence electrons. The van der Waals surface area contributed by atoms with Gasteiger partial charge in [0.15, 0.2) is 11.5 Å². The van der Waals surface area contributed by atoms with Crippen LogP contribution in [0.15, 0.2) is 18.2 Å². The average molecular weight is 311 g/mol. The number of alkyl halides is 3. The summed E-state index contributed by atoms with van der Waals surface area (Å²) >= 11 is 0. The van der Waals surface area contributed by atoms with Crippen molar-refractivity contribution in [2.45, 2.75) is 19.1 Å². The zero-order valence-electron chi connectivity index (χ0n) is 11.8. The fourth-order valence-electron chi connectivity index (χ4n) is 2.34. The van der Waals surface area contributed by atoms with Crippen LogP contribution in [0.2, 0.25) is 0 Å². The molecule has 1 aliphatic heterocycles. The molecule has 2 amide bonds. The van der Waals surface area contributed by atoms with Gasteiger partial charge in [0.2, 0.25) is 0 Å². The molecule has 0 aromatic heterocycles. The number of amides is 2. The Morgan fingerprint density at radius 1 is 1.41 bits per heavy atom. The molecule has 1 saturated heterocycles. The minimum Gasteiger partial charge on any atom is -0.325 e. The summed E-state index contributed by atoms with van der Waals surface area (Å²) in [6, 6.07) is 1.60. The van der Waals surface area contributed by atoms with Gasteiger partial charge >= 0.3 is 12.2 Å². The summed E-state index contributed by atoms with van der Waals surface area (Å²) in [5.74, 6) is -0.319. The van der Waals surface area contributed by atoms with Crippen molar-refractivity contribution in [1.82, 2.24) is 4.90 Å². The number of ketones is 1. The number of hydrogen-bond acceptors (Lipinski definition) is 2. The van der Waals surface area contributed by atoms with Crippen molar-refractivity contribution in [2.24, 2.45) is 0 Å². The normalized spacial score (nSPS) is 18.5. The Morgan fingerprint density at radius 3 is 2.55 bits per heavy atom. The van der Waals surface area contributed by atoms with Gasteiger partial charge in [-0.25, -0.2) is 9.64 Å². The molecule has 1 aromatic rings. The molecule has 2 rings (SSSR count). The quantitative estimate of drug-likeness (QED) is 0.788. The number of anilines is 1. The van der Waals surface area contributed by atoms with Crippen molar-refractivity contribution in [1.29, 1.82) is 0 Å². The van der Waals surface area contributed by atoms with Crippen LogP contribution in [0.3, 0.4) is 0 Å². The molecule has 5 nitrogen and oxygen atoms in total. The fourth-order valence-corrected chi connectivity index (χ4v) is 2.34. The lowest BCUT2D eigenvalue weighted by molar-refractivity contribution is -0.136. The second-order valence-electron chi connectivity index (χ2n) is 4.97. The molecule has 0 radical (unpaired) electrons. The smallest absolute Gasteiger partial charge is 0.325 e. The molecule has 8 heteroatoms. The van der Waals surface area contributed by atoms with Gasteiger partial charge in [-0.1, -0.05) is 6.07 Å². The number of halogens is 3. The van der Waals surface area contributed by atoms with Crippen molar-refractivity contribution in [3.05, 3.63) is 35.2 Å². The van der Waals surface area contributed by atoms with Gasteiger partial charge in [0, 0.05) is 12.7 Å². The van der Waals surface area contributed by atoms with E-state index < -0.39 is 29.5 Å². The Balaban J connectivity index is 2.55. The van der Waals surface area contributed by atoms with E-state index >= 15 is 0 Å². The van der Waals surface area contributed by atoms with Crippen molar-refractivity contribution < 1.29 is 22.8 Å². The number of hydrogen-bond donors (Lipinski definition) is 0. The summed E-state index contributed by atoms with van der Waals surface area (Å²) in [6.07, 6.45) is -4.71. The molecule has 0 unspecified atom stereocenters. The molecule has 0 bridgehead atoms. The zero-order valence-corrected chi connectivity index (χ0v) is 11.8. The van der Waals surface area contributed by atoms with E-state index in [4.69, 9.17) is 6.57 Å². The van der Waals surface area contributed by atoms with Gasteiger partial charge in [0.05, 0.1) is 18.7 Å². The van der Waals surface area contributed by atoms with Gasteiger partial charge in [-0.2, -0.15) is 13.2 Å². The first-order chi connectivity index (χ1) is 10.2. The lowest BCUT2D eigenvalue weighted by Gasteiger charge is -2.22. The topological polar surface area (TPSA) is 45.0 Å². The molecule has 0 saturated carbocycles. The molecular formula is C14H12F3N3O2. The molecule has 1 aromatic carbocycles. The maximum Gasteiger partial charge on any atom is 0.407 e. The summed E-state index contributed by atoms with van der Waals surface area (Å²) in [7, 11) is 1.47. The van der Waals surface area contributed by atoms with E-state index in [9.17, 15) is 22.8 Å². The van der Waals surface area contributed by atoms with Crippen LogP contribution < -0.4 is 4.90 Å². The number of rotatable bonds is 2. The van der Waals surface area contributed by atoms with Crippen molar-refractivity contribution in [2.75, 3.05) is 18.5 Å². The summed E-state index contributed by atoms with van der Waals surface area (Å²) < 4.78 is 39.0. The average Bonchev–Trinajstić information content (AvgIpc) is 2.73. The van der Waals surface area contributed by atoms with Crippen LogP contribution in [0.5, 0.6) is 0 Å². The van der Waals surface area contributed by atoms with Crippen molar-refractivity contribution in [3.63, 3.8) is 0 Å². The van der Waals surface area contributed by atoms with Crippen molar-refractivity contribution >= 4 is 23.2 Å². The van der Waals surface area contributed by atoms with Crippen LogP contribution in [0.4, 0.5) is 29.3 Å². The molecule has 22 heavy (non-hydrogen) atoms. The van der Waals surface area contributed by atoms with Gasteiger partial charge in [-0.15, -0.1) is 0 Å². The highest BCUT2D eigenvalue weighted by Crippen LogP contribution is 2.39. The Morgan fingerprint density at radius 2 is 2.05 bits per heavy atom. The number of likely N-dealkylation sites (N-methyl/N-ethyl adjacent to an activating group) is 1. The first-order valence-corrected chi connectivity index (χ1v) is 6.30. The maximum atomic E-state index is 13.0. The Bertz CT molecular complexity index is 679. The summed E-state index contributed by atoms with van der Waals surface area (Å²) in [5.41, 5.74) is -1.71. The number of carbonyl (C=O) groups is 2. The van der Waals surface area contributed by atoms with Crippen LogP contribution in [0, 0.1) is 6.57 Å². The third kappa shape index (κ3) is 2.62. The lowest BCUT2D eigenvalue weighted by Crippen LogP contribution is -2.38. The Kier molecular flexibility index (Phi) is 3.83. The standard InChI is InChI=1S/C14H12F3N3O2/c1-8(21)12-7-19(3)13(22)20(12)9-4-5-11(18-2)10(6-9)14(15,16)17/h4-6,12H,7H2,1,3H3/t12-/m1/s1. The first-order valence-electron chi connectivity index (χ1n) is 6.30. The highest BCUT2D eigenvalue weighted by atomic mass is 19.4. The first kappa shape index (κ1) is 15.8. The molecule has 0 N–H and O–H groups in total. The molecule has 1 fully saturated rings. The van der Waals surface area contributed by atoms with Crippen LogP contribution >= 0.6 is 0 Å². The van der Waals surface area contributed by atoms with Crippen molar-refractivity contribution in [3.8, 4) is 0 Å². The minimum absolute atomic E-state index is 0.0470. The highest BCUT2D eigenvalue weighted by Gasteiger charge is 2.40. The van der Waals surface area contributed by atoms with Gasteiger partial charge in [-0.3, -0.25) is 9.69 Å². The SMILES string of the molecule is [C-]#[N+]c1ccc(N2C(=O)N(C)C[C@@H]2C(C)=O)cc1C(F)(F)F. The Labute approximate surface area is 124 Å². The molecule has 0 spiro atoms.